The summed E-state index contributed by atoms with van der Waals surface area (Å²) in [4.78, 5) is 46.1. The van der Waals surface area contributed by atoms with Gasteiger partial charge < -0.3 is 26.1 Å². The predicted molar refractivity (Wildman–Crippen MR) is 272 cm³/mol. The highest BCUT2D eigenvalue weighted by Crippen LogP contribution is 2.28. The number of aromatic amines is 2. The lowest BCUT2D eigenvalue weighted by molar-refractivity contribution is 0.0696. The third-order valence-corrected chi connectivity index (χ3v) is 12.0. The van der Waals surface area contributed by atoms with Crippen LogP contribution in [-0.2, 0) is 25.9 Å². The summed E-state index contributed by atoms with van der Waals surface area (Å²) in [6, 6.07) is 22.7. The molecule has 1 amide bonds. The average Bonchev–Trinajstić information content (AvgIpc) is 3.87. The molecule has 0 radical (unpaired) electrons. The molecular weight excluding hydrogens is 983 g/mol. The molecule has 4 aromatic carbocycles. The number of pyridine rings is 4. The number of amides is 1. The molecule has 70 heavy (non-hydrogen) atoms. The van der Waals surface area contributed by atoms with E-state index >= 15 is 0 Å². The highest BCUT2D eigenvalue weighted by atomic mass is 35.5. The van der Waals surface area contributed by atoms with Crippen molar-refractivity contribution in [3.8, 4) is 0 Å². The largest absolute Gasteiger partial charge is 0.478 e. The van der Waals surface area contributed by atoms with Crippen molar-refractivity contribution < 1.29 is 27.9 Å². The standard InChI is InChI=1S/C25H16Cl2F2N4O.C16H10ClFN2O2.C10H11ClN2.CH4/c26-17-6-15-3-13(5-22(29)24(15)32-11-17)4-18-7-14(1-2-30-18)25(34)33-10-16-8-19-20(27)12-31-23(19)9-21(16)28;17-12-6-11-3-9(5-14(18)15(11)20-8-12)4-13-7-10(16(21)22)1-2-19-13;1-6-2-10-8(3-7(6)4-12)9(11)5-13-10;/h1-3,5-9,11-12,31H,4,10H2,(H,33,34);1-3,5-8H,4H2,(H,21,22);2-3,5,13H,4,12H2,1H3;1H4. The summed E-state index contributed by atoms with van der Waals surface area (Å²) in [5.74, 6) is -2.76. The number of rotatable bonds is 9. The topological polar surface area (TPSA) is 176 Å². The average molecular weight is 1020 g/mol. The second-order valence-corrected chi connectivity index (χ2v) is 17.5. The lowest BCUT2D eigenvalue weighted by Gasteiger charge is -2.09. The summed E-state index contributed by atoms with van der Waals surface area (Å²) in [5, 5.41) is 16.7. The number of nitrogens with two attached hydrogens (primary N) is 1. The molecule has 18 heteroatoms. The van der Waals surface area contributed by atoms with Gasteiger partial charge in [0.05, 0.1) is 25.7 Å². The van der Waals surface area contributed by atoms with Crippen molar-refractivity contribution in [2.24, 2.45) is 5.73 Å². The van der Waals surface area contributed by atoms with Crippen LogP contribution in [0.25, 0.3) is 43.6 Å². The van der Waals surface area contributed by atoms with Crippen LogP contribution in [-0.4, -0.2) is 46.9 Å². The number of H-pyrrole nitrogens is 2. The molecule has 356 valence electrons. The molecule has 11 nitrogen and oxygen atoms in total. The smallest absolute Gasteiger partial charge is 0.335 e. The number of carboxylic acid groups (broad SMARTS) is 1. The van der Waals surface area contributed by atoms with Gasteiger partial charge in [-0.25, -0.2) is 18.0 Å². The van der Waals surface area contributed by atoms with E-state index in [1.165, 1.54) is 60.7 Å². The van der Waals surface area contributed by atoms with Gasteiger partial charge in [0.1, 0.15) is 28.5 Å². The molecule has 10 aromatic rings. The summed E-state index contributed by atoms with van der Waals surface area (Å²) >= 11 is 23.9. The van der Waals surface area contributed by atoms with Gasteiger partial charge in [-0.1, -0.05) is 53.8 Å². The van der Waals surface area contributed by atoms with Crippen LogP contribution in [0.15, 0.2) is 122 Å². The quantitative estimate of drug-likeness (QED) is 0.0949. The van der Waals surface area contributed by atoms with E-state index in [1.807, 2.05) is 6.07 Å². The van der Waals surface area contributed by atoms with Gasteiger partial charge in [-0.3, -0.25) is 24.7 Å². The summed E-state index contributed by atoms with van der Waals surface area (Å²) in [7, 11) is 0. The predicted octanol–water partition coefficient (Wildman–Crippen LogP) is 13.2. The normalized spacial score (nSPS) is 10.9. The van der Waals surface area contributed by atoms with Crippen molar-refractivity contribution in [2.75, 3.05) is 0 Å². The third-order valence-electron chi connectivity index (χ3n) is 11.0. The van der Waals surface area contributed by atoms with E-state index in [0.717, 1.165) is 21.5 Å². The number of aryl methyl sites for hydroxylation is 1. The number of halogens is 7. The van der Waals surface area contributed by atoms with E-state index < -0.39 is 23.4 Å². The first-order valence-electron chi connectivity index (χ1n) is 20.9. The third kappa shape index (κ3) is 11.8. The zero-order valence-electron chi connectivity index (χ0n) is 36.2. The van der Waals surface area contributed by atoms with Gasteiger partial charge in [0, 0.05) is 118 Å². The van der Waals surface area contributed by atoms with Crippen LogP contribution in [0.5, 0.6) is 0 Å². The minimum Gasteiger partial charge on any atom is -0.478 e. The maximum Gasteiger partial charge on any atom is 0.335 e. The number of nitrogens with one attached hydrogen (secondary N) is 3. The summed E-state index contributed by atoms with van der Waals surface area (Å²) < 4.78 is 42.9. The number of carbonyl (C=O) groups is 2. The molecular formula is C52H41Cl4F3N8O3. The molecule has 0 unspecified atom stereocenters. The van der Waals surface area contributed by atoms with Gasteiger partial charge in [-0.2, -0.15) is 0 Å². The Kier molecular flexibility index (Phi) is 16.1. The fourth-order valence-corrected chi connectivity index (χ4v) is 8.35. The van der Waals surface area contributed by atoms with Gasteiger partial charge in [0.2, 0.25) is 0 Å². The molecule has 0 spiro atoms. The number of hydrogen-bond donors (Lipinski definition) is 5. The van der Waals surface area contributed by atoms with Crippen molar-refractivity contribution in [1.82, 2.24) is 35.2 Å². The van der Waals surface area contributed by atoms with Crippen LogP contribution in [0.3, 0.4) is 0 Å². The molecule has 6 heterocycles. The van der Waals surface area contributed by atoms with Crippen LogP contribution < -0.4 is 11.1 Å². The van der Waals surface area contributed by atoms with Gasteiger partial charge >= 0.3 is 5.97 Å². The number of aromatic carboxylic acids is 1. The van der Waals surface area contributed by atoms with Crippen molar-refractivity contribution in [1.29, 1.82) is 0 Å². The zero-order valence-corrected chi connectivity index (χ0v) is 39.2. The molecule has 6 aromatic heterocycles. The Morgan fingerprint density at radius 2 is 1.14 bits per heavy atom. The summed E-state index contributed by atoms with van der Waals surface area (Å²) in [6.45, 7) is 2.60. The van der Waals surface area contributed by atoms with Crippen LogP contribution in [0.2, 0.25) is 20.1 Å². The second-order valence-electron chi connectivity index (χ2n) is 15.8. The zero-order chi connectivity index (χ0) is 48.9. The molecule has 0 aliphatic heterocycles. The molecule has 0 bridgehead atoms. The van der Waals surface area contributed by atoms with Gasteiger partial charge in [-0.05, 0) is 114 Å². The first kappa shape index (κ1) is 50.8. The molecule has 0 atom stereocenters. The van der Waals surface area contributed by atoms with Crippen LogP contribution in [0.4, 0.5) is 13.2 Å². The first-order chi connectivity index (χ1) is 33.1. The lowest BCUT2D eigenvalue weighted by Crippen LogP contribution is -2.23. The first-order valence-corrected chi connectivity index (χ1v) is 22.4. The Labute approximate surface area is 418 Å². The maximum absolute atomic E-state index is 14.5. The Morgan fingerprint density at radius 1 is 0.643 bits per heavy atom. The number of carbonyl (C=O) groups excluding carboxylic acids is 1. The van der Waals surface area contributed by atoms with E-state index in [0.29, 0.717) is 89.8 Å². The molecule has 0 fully saturated rings. The Bertz CT molecular complexity index is 3590. The molecule has 0 saturated heterocycles. The maximum atomic E-state index is 14.5. The number of carboxylic acids is 1. The fraction of sp³-hybridized carbons (Fsp3) is 0.115. The molecule has 6 N–H and O–H groups in total. The number of benzene rings is 4. The van der Waals surface area contributed by atoms with Gasteiger partial charge in [0.15, 0.2) is 0 Å². The van der Waals surface area contributed by atoms with E-state index in [1.54, 1.807) is 54.9 Å². The SMILES string of the molecule is C.Cc1cc2[nH]cc(Cl)c2cc1CN.O=C(NCc1cc2c(Cl)c[nH]c2cc1F)c1ccnc(Cc2cc(F)c3ncc(Cl)cc3c2)c1.O=C(O)c1ccnc(Cc2cc(F)c3ncc(Cl)cc3c2)c1. The monoisotopic (exact) mass is 1020 g/mol. The number of fused-ring (bicyclic) bond motifs is 4. The highest BCUT2D eigenvalue weighted by Gasteiger charge is 2.14. The van der Waals surface area contributed by atoms with E-state index in [2.05, 4.69) is 48.2 Å². The van der Waals surface area contributed by atoms with Gasteiger partial charge in [0.25, 0.3) is 5.91 Å². The van der Waals surface area contributed by atoms with E-state index in [9.17, 15) is 22.8 Å². The second kappa shape index (κ2) is 22.1. The van der Waals surface area contributed by atoms with Crippen LogP contribution in [0, 0.1) is 24.4 Å². The van der Waals surface area contributed by atoms with Crippen molar-refractivity contribution in [3.63, 3.8) is 0 Å². The van der Waals surface area contributed by atoms with Crippen molar-refractivity contribution in [2.45, 2.75) is 40.3 Å². The van der Waals surface area contributed by atoms with E-state index in [-0.39, 0.29) is 36.5 Å². The molecule has 0 saturated carbocycles. The highest BCUT2D eigenvalue weighted by molar-refractivity contribution is 6.36. The lowest BCUT2D eigenvalue weighted by atomic mass is 10.0. The summed E-state index contributed by atoms with van der Waals surface area (Å²) in [5.41, 5.74) is 13.4. The fourth-order valence-electron chi connectivity index (χ4n) is 7.60. The molecule has 0 aliphatic rings. The Balaban J connectivity index is 0.000000171. The van der Waals surface area contributed by atoms with Gasteiger partial charge in [-0.15, -0.1) is 0 Å². The Morgan fingerprint density at radius 3 is 1.67 bits per heavy atom. The summed E-state index contributed by atoms with van der Waals surface area (Å²) in [6.07, 6.45) is 9.72. The minimum absolute atomic E-state index is 0. The Hall–Kier alpha value is -7.07. The molecule has 0 aliphatic carbocycles. The number of aromatic nitrogens is 6. The number of nitrogens with zero attached hydrogens (tertiary/aromatic N) is 4. The minimum atomic E-state index is -1.02. The number of hydrogen-bond acceptors (Lipinski definition) is 7. The van der Waals surface area contributed by atoms with Crippen LogP contribution in [0.1, 0.15) is 67.3 Å². The van der Waals surface area contributed by atoms with Crippen LogP contribution >= 0.6 is 46.4 Å². The van der Waals surface area contributed by atoms with Crippen molar-refractivity contribution in [3.05, 3.63) is 210 Å². The van der Waals surface area contributed by atoms with Crippen molar-refractivity contribution >= 4 is 102 Å². The van der Waals surface area contributed by atoms with E-state index in [4.69, 9.17) is 57.2 Å². The molecule has 10 rings (SSSR count).